The van der Waals surface area contributed by atoms with Crippen LogP contribution in [-0.4, -0.2) is 50.9 Å². The zero-order chi connectivity index (χ0) is 21.8. The molecule has 1 fully saturated rings. The summed E-state index contributed by atoms with van der Waals surface area (Å²) in [5, 5.41) is 13.4. The highest BCUT2D eigenvalue weighted by Crippen LogP contribution is 2.39. The molecule has 0 radical (unpaired) electrons. The molecule has 7 nitrogen and oxygen atoms in total. The Labute approximate surface area is 186 Å². The average Bonchev–Trinajstić information content (AvgIpc) is 3.42. The molecule has 0 unspecified atom stereocenters. The van der Waals surface area contributed by atoms with E-state index in [2.05, 4.69) is 19.8 Å². The predicted octanol–water partition coefficient (Wildman–Crippen LogP) is 3.01. The van der Waals surface area contributed by atoms with Crippen molar-refractivity contribution in [3.05, 3.63) is 83.9 Å². The molecule has 3 aromatic rings. The number of methoxy groups -OCH3 is 1. The molecule has 1 aliphatic rings. The zero-order valence-corrected chi connectivity index (χ0v) is 18.0. The molecule has 1 saturated heterocycles. The number of benzene rings is 1. The molecule has 31 heavy (non-hydrogen) atoms. The number of nitrogens with zero attached hydrogens (tertiary/aromatic N) is 3. The Bertz CT molecular complexity index is 1070. The van der Waals surface area contributed by atoms with Crippen molar-refractivity contribution >= 4 is 23.3 Å². The lowest BCUT2D eigenvalue weighted by Crippen LogP contribution is -2.31. The number of hydrogen-bond acceptors (Lipinski definition) is 5. The lowest BCUT2D eigenvalue weighted by Gasteiger charge is -2.28. The predicted molar refractivity (Wildman–Crippen MR) is 121 cm³/mol. The highest BCUT2D eigenvalue weighted by molar-refractivity contribution is 7.80. The van der Waals surface area contributed by atoms with Crippen molar-refractivity contribution in [3.63, 3.8) is 0 Å². The van der Waals surface area contributed by atoms with Crippen molar-refractivity contribution in [1.29, 1.82) is 0 Å². The van der Waals surface area contributed by atoms with Crippen LogP contribution in [0, 0.1) is 0 Å². The Hall–Kier alpha value is -3.23. The molecule has 0 amide bonds. The van der Waals surface area contributed by atoms with Gasteiger partial charge in [0.2, 0.25) is 0 Å². The third-order valence-corrected chi connectivity index (χ3v) is 5.74. The van der Waals surface area contributed by atoms with Crippen LogP contribution in [0.4, 0.5) is 0 Å². The van der Waals surface area contributed by atoms with Gasteiger partial charge in [-0.1, -0.05) is 12.1 Å². The van der Waals surface area contributed by atoms with Crippen LogP contribution in [0.3, 0.4) is 0 Å². The third-order valence-electron chi connectivity index (χ3n) is 5.38. The molecule has 1 aromatic carbocycles. The van der Waals surface area contributed by atoms with Gasteiger partial charge in [0.15, 0.2) is 5.11 Å². The van der Waals surface area contributed by atoms with E-state index >= 15 is 0 Å². The van der Waals surface area contributed by atoms with E-state index in [1.165, 1.54) is 7.11 Å². The number of ether oxygens (including phenoxy) is 1. The van der Waals surface area contributed by atoms with Gasteiger partial charge < -0.3 is 24.6 Å². The summed E-state index contributed by atoms with van der Waals surface area (Å²) in [7, 11) is 1.37. The maximum absolute atomic E-state index is 12.0. The number of esters is 1. The molecule has 8 heteroatoms. The number of hydrogen-bond donors (Lipinski definition) is 2. The van der Waals surface area contributed by atoms with Crippen LogP contribution in [0.25, 0.3) is 5.69 Å². The first-order valence-electron chi connectivity index (χ1n) is 10.1. The molecule has 2 atom stereocenters. The van der Waals surface area contributed by atoms with Crippen LogP contribution >= 0.6 is 12.2 Å². The van der Waals surface area contributed by atoms with Gasteiger partial charge in [-0.15, -0.1) is 0 Å². The molecule has 4 rings (SSSR count). The van der Waals surface area contributed by atoms with Crippen molar-refractivity contribution in [3.8, 4) is 5.69 Å². The summed E-state index contributed by atoms with van der Waals surface area (Å²) in [5.41, 5.74) is 3.22. The lowest BCUT2D eigenvalue weighted by molar-refractivity contribution is 0.0600. The molecular formula is C23H24N4O3S. The lowest BCUT2D eigenvalue weighted by atomic mass is 10.0. The number of nitrogens with one attached hydrogen (secondary N) is 1. The van der Waals surface area contributed by atoms with Crippen LogP contribution in [0.1, 0.15) is 40.3 Å². The number of aliphatic hydroxyl groups is 1. The second-order valence-corrected chi connectivity index (χ2v) is 7.63. The summed E-state index contributed by atoms with van der Waals surface area (Å²) in [6.45, 7) is 0.700. The van der Waals surface area contributed by atoms with Crippen LogP contribution in [-0.2, 0) is 4.74 Å². The maximum atomic E-state index is 12.0. The Morgan fingerprint density at radius 3 is 2.84 bits per heavy atom. The first kappa shape index (κ1) is 21.0. The smallest absolute Gasteiger partial charge is 0.337 e. The minimum Gasteiger partial charge on any atom is -0.465 e. The fourth-order valence-electron chi connectivity index (χ4n) is 3.98. The summed E-state index contributed by atoms with van der Waals surface area (Å²) < 4.78 is 6.92. The normalized spacial score (nSPS) is 18.1. The minimum atomic E-state index is -0.379. The zero-order valence-electron chi connectivity index (χ0n) is 17.1. The van der Waals surface area contributed by atoms with Crippen molar-refractivity contribution in [1.82, 2.24) is 19.8 Å². The first-order valence-corrected chi connectivity index (χ1v) is 10.5. The molecule has 0 bridgehead atoms. The highest BCUT2D eigenvalue weighted by atomic mass is 32.1. The van der Waals surface area contributed by atoms with Crippen molar-refractivity contribution in [2.45, 2.75) is 18.5 Å². The molecule has 0 saturated carbocycles. The molecule has 3 heterocycles. The Morgan fingerprint density at radius 1 is 1.23 bits per heavy atom. The van der Waals surface area contributed by atoms with E-state index in [0.29, 0.717) is 23.6 Å². The van der Waals surface area contributed by atoms with Crippen molar-refractivity contribution in [2.75, 3.05) is 20.3 Å². The van der Waals surface area contributed by atoms with Gasteiger partial charge in [0.25, 0.3) is 0 Å². The maximum Gasteiger partial charge on any atom is 0.337 e. The van der Waals surface area contributed by atoms with E-state index in [-0.39, 0.29) is 24.7 Å². The van der Waals surface area contributed by atoms with Gasteiger partial charge in [0.05, 0.1) is 30.5 Å². The number of carbonyl (C=O) groups is 1. The largest absolute Gasteiger partial charge is 0.465 e. The second kappa shape index (κ2) is 9.28. The number of carbonyl (C=O) groups excluding carboxylic acids is 1. The number of pyridine rings is 1. The number of rotatable bonds is 7. The monoisotopic (exact) mass is 436 g/mol. The molecule has 0 aliphatic carbocycles. The number of thiocarbonyl (C=S) groups is 1. The van der Waals surface area contributed by atoms with Crippen LogP contribution in [0.2, 0.25) is 0 Å². The summed E-state index contributed by atoms with van der Waals surface area (Å²) in [4.78, 5) is 18.7. The fraction of sp³-hybridized carbons (Fsp3) is 0.261. The minimum absolute atomic E-state index is 0.0856. The van der Waals surface area contributed by atoms with Gasteiger partial charge in [-0.25, -0.2) is 4.79 Å². The average molecular weight is 437 g/mol. The van der Waals surface area contributed by atoms with Crippen molar-refractivity contribution < 1.29 is 14.6 Å². The van der Waals surface area contributed by atoms with E-state index in [0.717, 1.165) is 17.1 Å². The summed E-state index contributed by atoms with van der Waals surface area (Å²) in [5.74, 6) is -0.379. The van der Waals surface area contributed by atoms with E-state index in [1.54, 1.807) is 12.3 Å². The standard InChI is InChI=1S/C23H24N4O3S/c1-30-22(29)16-7-4-8-17(15-16)26-12-5-10-19(26)21-20(18-9-2-3-11-24-18)25-23(31)27(21)13-6-14-28/h2-5,7-12,15,20-21,28H,6,13-14H2,1H3,(H,25,31)/t20-,21-/m1/s1. The van der Waals surface area contributed by atoms with Gasteiger partial charge >= 0.3 is 5.97 Å². The summed E-state index contributed by atoms with van der Waals surface area (Å²) in [6.07, 6.45) is 4.34. The number of aliphatic hydroxyl groups excluding tert-OH is 1. The quantitative estimate of drug-likeness (QED) is 0.435. The van der Waals surface area contributed by atoms with Crippen LogP contribution in [0.15, 0.2) is 67.0 Å². The Balaban J connectivity index is 1.78. The number of aromatic nitrogens is 2. The fourth-order valence-corrected chi connectivity index (χ4v) is 4.31. The van der Waals surface area contributed by atoms with Gasteiger partial charge in [-0.3, -0.25) is 4.98 Å². The molecule has 0 spiro atoms. The van der Waals surface area contributed by atoms with E-state index in [4.69, 9.17) is 17.0 Å². The molecule has 2 N–H and O–H groups in total. The van der Waals surface area contributed by atoms with E-state index in [9.17, 15) is 9.90 Å². The van der Waals surface area contributed by atoms with Crippen LogP contribution in [0.5, 0.6) is 0 Å². The second-order valence-electron chi connectivity index (χ2n) is 7.24. The van der Waals surface area contributed by atoms with Crippen LogP contribution < -0.4 is 5.32 Å². The molecule has 1 aliphatic heterocycles. The SMILES string of the molecule is COC(=O)c1cccc(-n2cccc2[C@@H]2[C@@H](c3ccccn3)NC(=S)N2CCCO)c1. The van der Waals surface area contributed by atoms with E-state index in [1.807, 2.05) is 54.7 Å². The van der Waals surface area contributed by atoms with Gasteiger partial charge in [-0.05, 0) is 61.1 Å². The van der Waals surface area contributed by atoms with Gasteiger partial charge in [0, 0.05) is 36.9 Å². The third kappa shape index (κ3) is 4.17. The Morgan fingerprint density at radius 2 is 2.10 bits per heavy atom. The highest BCUT2D eigenvalue weighted by Gasteiger charge is 2.40. The molecule has 2 aromatic heterocycles. The van der Waals surface area contributed by atoms with Crippen molar-refractivity contribution in [2.24, 2.45) is 0 Å². The van der Waals surface area contributed by atoms with Gasteiger partial charge in [0.1, 0.15) is 0 Å². The molecular weight excluding hydrogens is 412 g/mol. The Kier molecular flexibility index (Phi) is 6.29. The molecule has 160 valence electrons. The summed E-state index contributed by atoms with van der Waals surface area (Å²) in [6, 6.07) is 16.9. The van der Waals surface area contributed by atoms with E-state index < -0.39 is 0 Å². The summed E-state index contributed by atoms with van der Waals surface area (Å²) >= 11 is 5.65. The topological polar surface area (TPSA) is 79.6 Å². The van der Waals surface area contributed by atoms with Gasteiger partial charge in [-0.2, -0.15) is 0 Å². The first-order chi connectivity index (χ1) is 15.1.